The second-order valence-corrected chi connectivity index (χ2v) is 30.6. The largest absolute Gasteiger partial charge is 0.497 e. The molecule has 35 heteroatoms. The molecule has 4 saturated heterocycles. The first kappa shape index (κ1) is 81.3. The van der Waals surface area contributed by atoms with Crippen LogP contribution in [0.25, 0.3) is 11.1 Å². The zero-order chi connectivity index (χ0) is 74.7. The molecule has 1 atom stereocenters. The minimum absolute atomic E-state index is 0.104. The van der Waals surface area contributed by atoms with E-state index in [2.05, 4.69) is 119 Å². The molecule has 0 aromatic carbocycles. The highest BCUT2D eigenvalue weighted by atomic mass is 79.9. The van der Waals surface area contributed by atoms with Crippen molar-refractivity contribution in [1.29, 1.82) is 0 Å². The number of halogens is 3. The molecule has 12 heterocycles. The highest BCUT2D eigenvalue weighted by molar-refractivity contribution is 9.11. The van der Waals surface area contributed by atoms with Gasteiger partial charge in [-0.2, -0.15) is 25.1 Å². The van der Waals surface area contributed by atoms with Crippen molar-refractivity contribution in [3.8, 4) is 11.1 Å². The van der Waals surface area contributed by atoms with Gasteiger partial charge < -0.3 is 80.4 Å². The predicted octanol–water partition coefficient (Wildman–Crippen LogP) is 11.3. The van der Waals surface area contributed by atoms with Gasteiger partial charge in [-0.15, -0.1) is 0 Å². The fraction of sp³-hybridized carbons (Fsp3) is 0.567. The Labute approximate surface area is 619 Å². The monoisotopic (exact) mass is 1560 g/mol. The molecular formula is C67H100BBr2ClN22O9. The van der Waals surface area contributed by atoms with E-state index >= 15 is 0 Å². The lowest BCUT2D eigenvalue weighted by atomic mass is 9.82. The highest BCUT2D eigenvalue weighted by Gasteiger charge is 2.44. The lowest BCUT2D eigenvalue weighted by molar-refractivity contribution is 0.0199. The predicted molar refractivity (Wildman–Crippen MR) is 403 cm³/mol. The number of aryl methyl sites for hydroxylation is 4. The van der Waals surface area contributed by atoms with Crippen LogP contribution in [0.4, 0.5) is 50.6 Å². The fourth-order valence-electron chi connectivity index (χ4n) is 10.0. The van der Waals surface area contributed by atoms with Crippen molar-refractivity contribution in [2.75, 3.05) is 72.4 Å². The minimum Gasteiger partial charge on any atom is -0.444 e. The number of piperidine rings is 3. The number of nitrogens with one attached hydrogen (secondary N) is 6. The van der Waals surface area contributed by atoms with Crippen LogP contribution in [0.5, 0.6) is 0 Å². The Morgan fingerprint density at radius 3 is 1.56 bits per heavy atom. The van der Waals surface area contributed by atoms with Crippen molar-refractivity contribution in [2.24, 2.45) is 24.8 Å². The molecule has 556 valence electrons. The first-order valence-corrected chi connectivity index (χ1v) is 35.8. The molecule has 7 aromatic rings. The quantitative estimate of drug-likeness (QED) is 0.0416. The zero-order valence-corrected chi connectivity index (χ0v) is 65.4. The molecule has 0 radical (unpaired) electrons. The average Bonchev–Trinajstić information content (AvgIpc) is 1.55. The molecule has 31 nitrogen and oxygen atoms in total. The molecule has 12 rings (SSSR count). The number of amidine groups is 1. The maximum absolute atomic E-state index is 12.2. The summed E-state index contributed by atoms with van der Waals surface area (Å²) in [5.41, 5.74) is 7.76. The number of aliphatic hydroxyl groups is 1. The summed E-state index contributed by atoms with van der Waals surface area (Å²) in [4.78, 5) is 57.5. The number of aromatic nitrogens is 12. The number of hydrogen-bond acceptors (Lipinski definition) is 27. The van der Waals surface area contributed by atoms with Crippen LogP contribution in [-0.2, 0) is 32.9 Å². The number of nitrogens with zero attached hydrogens (tertiary/aromatic N) is 15. The van der Waals surface area contributed by atoms with Gasteiger partial charge in [-0.1, -0.05) is 10.3 Å². The first-order valence-electron chi connectivity index (χ1n) is 33.8. The Morgan fingerprint density at radius 2 is 1.15 bits per heavy atom. The summed E-state index contributed by atoms with van der Waals surface area (Å²) in [6.07, 6.45) is 19.4. The van der Waals surface area contributed by atoms with Crippen LogP contribution < -0.4 is 43.1 Å². The van der Waals surface area contributed by atoms with Gasteiger partial charge in [-0.05, 0) is 211 Å². The van der Waals surface area contributed by atoms with Crippen LogP contribution in [0.15, 0.2) is 90.1 Å². The van der Waals surface area contributed by atoms with Gasteiger partial charge in [0.1, 0.15) is 46.0 Å². The van der Waals surface area contributed by atoms with Crippen LogP contribution >= 0.6 is 43.5 Å². The maximum atomic E-state index is 12.2. The van der Waals surface area contributed by atoms with Crippen LogP contribution in [0.3, 0.4) is 0 Å². The van der Waals surface area contributed by atoms with E-state index < -0.39 is 16.8 Å². The van der Waals surface area contributed by atoms with E-state index in [0.29, 0.717) is 79.0 Å². The minimum atomic E-state index is -0.500. The Kier molecular flexibility index (Phi) is 29.4. The normalized spacial score (nSPS) is 17.1. The van der Waals surface area contributed by atoms with E-state index in [1.807, 2.05) is 128 Å². The molecule has 9 N–H and O–H groups in total. The molecule has 102 heavy (non-hydrogen) atoms. The lowest BCUT2D eigenvalue weighted by Crippen LogP contribution is -2.44. The third-order valence-electron chi connectivity index (χ3n) is 15.3. The summed E-state index contributed by atoms with van der Waals surface area (Å²) >= 11 is 12.7. The molecule has 1 unspecified atom stereocenters. The highest BCUT2D eigenvalue weighted by Crippen LogP contribution is 2.31. The summed E-state index contributed by atoms with van der Waals surface area (Å²) in [7, 11) is 3.51. The molecule has 0 spiro atoms. The van der Waals surface area contributed by atoms with Crippen molar-refractivity contribution < 1.29 is 42.5 Å². The molecule has 2 amide bonds. The van der Waals surface area contributed by atoms with Crippen LogP contribution in [-0.4, -0.2) is 192 Å². The second-order valence-electron chi connectivity index (χ2n) is 28.6. The summed E-state index contributed by atoms with van der Waals surface area (Å²) in [6.45, 7) is 33.6. The lowest BCUT2D eigenvalue weighted by Gasteiger charge is -2.34. The van der Waals surface area contributed by atoms with Gasteiger partial charge in [0.25, 0.3) is 0 Å². The zero-order valence-electron chi connectivity index (χ0n) is 61.5. The van der Waals surface area contributed by atoms with Gasteiger partial charge in [0.05, 0.1) is 39.0 Å². The fourth-order valence-corrected chi connectivity index (χ4v) is 10.8. The van der Waals surface area contributed by atoms with Gasteiger partial charge >= 0.3 is 19.3 Å². The maximum Gasteiger partial charge on any atom is 0.497 e. The standard InChI is InChI=1S/C18H25BrN6O3.C17H22N8O.C14H20BrClN4O2.C9H15BN2O2.C5H8N2.C4H10O/c1-11-9-14(24-28-11)22-16-20-10-13(19)15(23-16)21-12-5-7-25(8-6-12)17(26)27-18(2,3)4;1-11-7-15(24-26-11)22-17-19-9-14(12-8-20-25(2)10-12)16(23-17)21-13-3-5-18-6-4-13;1-14(2,3)22-13(21)20-6-4-9(5-7-20)18-11-10(15)8-17-12(16)19-11;1-7-9(2,3)14-10(13-7)8-5-11-12(4)6-8;1-4-2-5(6)7-3-4;1-4(2,3)5/h9-10,12H,5-8H2,1-4H3,(H2,20,21,22,23,24);7-10,13,18H,3-6H2,1-2H3,(H2,19,21,22,23,24);8-9H,4-7H2,1-3H3,(H,17,18,19);5-7H,1-4H3;2H,3H2,1H3,(H2,6,7);5H,1-3H3. The van der Waals surface area contributed by atoms with Gasteiger partial charge in [-0.3, -0.25) is 14.4 Å². The number of rotatable bonds is 12. The third-order valence-corrected chi connectivity index (χ3v) is 16.6. The Hall–Kier alpha value is -8.02. The topological polar surface area (TPSA) is 373 Å². The summed E-state index contributed by atoms with van der Waals surface area (Å²) in [5.74, 6) is 6.29. The summed E-state index contributed by atoms with van der Waals surface area (Å²) in [6, 6.07) is 4.39. The van der Waals surface area contributed by atoms with Crippen molar-refractivity contribution >= 4 is 115 Å². The molecule has 5 aliphatic heterocycles. The Bertz CT molecular complexity index is 3880. The number of hydrogen-bond donors (Lipinski definition) is 8. The third kappa shape index (κ3) is 28.0. The molecular weight excluding hydrogens is 1460 g/mol. The van der Waals surface area contributed by atoms with Crippen LogP contribution in [0.1, 0.15) is 140 Å². The van der Waals surface area contributed by atoms with Crippen molar-refractivity contribution in [2.45, 2.75) is 189 Å². The van der Waals surface area contributed by atoms with Gasteiger partial charge in [0, 0.05) is 124 Å². The number of nitrogens with two attached hydrogens (primary N) is 1. The number of anilines is 7. The van der Waals surface area contributed by atoms with Crippen molar-refractivity contribution in [3.05, 3.63) is 92.9 Å². The Balaban J connectivity index is 0.000000184. The Morgan fingerprint density at radius 1 is 0.686 bits per heavy atom. The van der Waals surface area contributed by atoms with E-state index in [0.717, 1.165) is 95.3 Å². The van der Waals surface area contributed by atoms with Crippen molar-refractivity contribution in [3.63, 3.8) is 0 Å². The molecule has 0 aliphatic carbocycles. The smallest absolute Gasteiger partial charge is 0.444 e. The number of ether oxygens (including phenoxy) is 2. The molecule has 4 fully saturated rings. The van der Waals surface area contributed by atoms with E-state index in [1.54, 1.807) is 70.7 Å². The first-order chi connectivity index (χ1) is 47.9. The molecule has 0 saturated carbocycles. The van der Waals surface area contributed by atoms with Gasteiger partial charge in [0.2, 0.25) is 17.2 Å². The second kappa shape index (κ2) is 36.9. The molecule has 5 aliphatic rings. The van der Waals surface area contributed by atoms with Gasteiger partial charge in [0.15, 0.2) is 11.6 Å². The van der Waals surface area contributed by atoms with Gasteiger partial charge in [-0.25, -0.2) is 24.5 Å². The average molecular weight is 1560 g/mol. The van der Waals surface area contributed by atoms with Crippen LogP contribution in [0.2, 0.25) is 5.28 Å². The summed E-state index contributed by atoms with van der Waals surface area (Å²) in [5, 5.41) is 44.7. The summed E-state index contributed by atoms with van der Waals surface area (Å²) < 4.78 is 37.5. The number of aliphatic imine (C=N–C) groups is 1. The van der Waals surface area contributed by atoms with E-state index in [4.69, 9.17) is 50.3 Å². The molecule has 0 bridgehead atoms. The molecule has 7 aromatic heterocycles. The van der Waals surface area contributed by atoms with E-state index in [9.17, 15) is 9.59 Å². The number of likely N-dealkylation sites (tertiary alicyclic amines) is 2. The number of carbonyl (C=O) groups is 2. The van der Waals surface area contributed by atoms with E-state index in [1.165, 1.54) is 5.57 Å². The number of amides is 2. The van der Waals surface area contributed by atoms with E-state index in [-0.39, 0.29) is 48.4 Å². The van der Waals surface area contributed by atoms with Crippen LogP contribution in [0, 0.1) is 13.8 Å². The van der Waals surface area contributed by atoms with Crippen molar-refractivity contribution in [1.82, 2.24) is 74.9 Å². The number of carbonyl (C=O) groups excluding carboxylic acids is 2. The SMILES string of the molecule is CC(C)(C)O.CC(C)(C)OC(=O)N1CCC(Nc2nc(Cl)ncc2Br)CC1.CC1=CC(N)=NC1.CC1OB(c2cnn(C)c2)OC1(C)C.Cc1cc(Nc2ncc(-c3cnn(C)c3)c(NC3CCNCC3)n2)no1.Cc1cc(Nc2ncc(Br)c(NC3CCN(C(=O)OC(C)(C)C)CC3)n2)no1.